The monoisotopic (exact) mass is 355 g/mol. The third-order valence-electron chi connectivity index (χ3n) is 3.13. The molecule has 0 amide bonds. The largest absolute Gasteiger partial charge is 0.310 e. The summed E-state index contributed by atoms with van der Waals surface area (Å²) in [5, 5.41) is 8.57. The predicted molar refractivity (Wildman–Crippen MR) is 87.1 cm³/mol. The molecule has 2 rings (SSSR count). The lowest BCUT2D eigenvalue weighted by Gasteiger charge is -2.19. The second kappa shape index (κ2) is 7.25. The molecule has 0 bridgehead atoms. The fourth-order valence-corrected chi connectivity index (χ4v) is 3.10. The molecule has 0 fully saturated rings. The highest BCUT2D eigenvalue weighted by Gasteiger charge is 2.14. The number of benzene rings is 1. The third kappa shape index (κ3) is 4.33. The average molecular weight is 357 g/mol. The predicted octanol–water partition coefficient (Wildman–Crippen LogP) is 4.12. The molecule has 1 aromatic heterocycles. The SMILES string of the molecule is CCCNC(Cc1cnn(C)c1)c1cc(Cl)cc(Br)c1. The number of nitrogens with zero attached hydrogens (tertiary/aromatic N) is 2. The summed E-state index contributed by atoms with van der Waals surface area (Å²) < 4.78 is 2.84. The van der Waals surface area contributed by atoms with Gasteiger partial charge in [-0.05, 0) is 48.7 Å². The molecule has 0 radical (unpaired) electrons. The zero-order chi connectivity index (χ0) is 14.5. The molecule has 20 heavy (non-hydrogen) atoms. The van der Waals surface area contributed by atoms with Gasteiger partial charge in [0, 0.05) is 28.8 Å². The summed E-state index contributed by atoms with van der Waals surface area (Å²) in [4.78, 5) is 0. The molecule has 2 aromatic rings. The minimum Gasteiger partial charge on any atom is -0.310 e. The van der Waals surface area contributed by atoms with E-state index >= 15 is 0 Å². The van der Waals surface area contributed by atoms with Crippen LogP contribution in [0.1, 0.15) is 30.5 Å². The average Bonchev–Trinajstić information content (AvgIpc) is 2.79. The number of rotatable bonds is 6. The molecule has 0 aliphatic heterocycles. The Balaban J connectivity index is 2.21. The minimum atomic E-state index is 0.245. The van der Waals surface area contributed by atoms with E-state index in [0.29, 0.717) is 0 Å². The minimum absolute atomic E-state index is 0.245. The van der Waals surface area contributed by atoms with Crippen molar-refractivity contribution in [2.45, 2.75) is 25.8 Å². The first-order valence-electron chi connectivity index (χ1n) is 6.75. The Morgan fingerprint density at radius 3 is 2.80 bits per heavy atom. The summed E-state index contributed by atoms with van der Waals surface area (Å²) in [6, 6.07) is 6.30. The molecular weight excluding hydrogens is 338 g/mol. The van der Waals surface area contributed by atoms with Gasteiger partial charge in [-0.25, -0.2) is 0 Å². The van der Waals surface area contributed by atoms with Crippen LogP contribution in [0.2, 0.25) is 5.02 Å². The molecule has 0 saturated carbocycles. The Morgan fingerprint density at radius 2 is 2.20 bits per heavy atom. The molecule has 0 aliphatic carbocycles. The van der Waals surface area contributed by atoms with Crippen molar-refractivity contribution in [1.82, 2.24) is 15.1 Å². The molecule has 0 saturated heterocycles. The zero-order valence-corrected chi connectivity index (χ0v) is 14.1. The van der Waals surface area contributed by atoms with E-state index in [1.54, 1.807) is 0 Å². The fourth-order valence-electron chi connectivity index (χ4n) is 2.22. The van der Waals surface area contributed by atoms with Crippen LogP contribution in [0.3, 0.4) is 0 Å². The van der Waals surface area contributed by atoms with Crippen LogP contribution in [0.4, 0.5) is 0 Å². The molecule has 1 N–H and O–H groups in total. The lowest BCUT2D eigenvalue weighted by molar-refractivity contribution is 0.529. The summed E-state index contributed by atoms with van der Waals surface area (Å²) in [6.45, 7) is 3.15. The van der Waals surface area contributed by atoms with Gasteiger partial charge in [-0.3, -0.25) is 4.68 Å². The molecule has 108 valence electrons. The summed E-state index contributed by atoms with van der Waals surface area (Å²) in [5.74, 6) is 0. The highest BCUT2D eigenvalue weighted by molar-refractivity contribution is 9.10. The summed E-state index contributed by atoms with van der Waals surface area (Å²) in [6.07, 6.45) is 5.98. The molecule has 0 aliphatic rings. The summed E-state index contributed by atoms with van der Waals surface area (Å²) in [7, 11) is 1.94. The first-order valence-corrected chi connectivity index (χ1v) is 7.92. The third-order valence-corrected chi connectivity index (χ3v) is 3.80. The smallest absolute Gasteiger partial charge is 0.0522 e. The normalized spacial score (nSPS) is 12.6. The van der Waals surface area contributed by atoms with E-state index in [1.807, 2.05) is 30.1 Å². The first kappa shape index (κ1) is 15.5. The van der Waals surface area contributed by atoms with E-state index in [2.05, 4.69) is 45.5 Å². The number of hydrogen-bond acceptors (Lipinski definition) is 2. The van der Waals surface area contributed by atoms with Crippen LogP contribution in [0, 0.1) is 0 Å². The Labute approximate surface area is 133 Å². The lowest BCUT2D eigenvalue weighted by atomic mass is 10.0. The van der Waals surface area contributed by atoms with Crippen LogP contribution < -0.4 is 5.32 Å². The standard InChI is InChI=1S/C15H19BrClN3/c1-3-4-18-15(5-11-9-19-20(2)10-11)12-6-13(16)8-14(17)7-12/h6-10,15,18H,3-5H2,1-2H3. The summed E-state index contributed by atoms with van der Waals surface area (Å²) in [5.41, 5.74) is 2.42. The van der Waals surface area contributed by atoms with E-state index in [4.69, 9.17) is 11.6 Å². The number of aryl methyl sites for hydroxylation is 1. The quantitative estimate of drug-likeness (QED) is 0.844. The molecule has 1 aromatic carbocycles. The lowest BCUT2D eigenvalue weighted by Crippen LogP contribution is -2.24. The number of halogens is 2. The van der Waals surface area contributed by atoms with Crippen molar-refractivity contribution in [2.24, 2.45) is 7.05 Å². The van der Waals surface area contributed by atoms with Crippen molar-refractivity contribution in [3.05, 3.63) is 51.2 Å². The van der Waals surface area contributed by atoms with Gasteiger partial charge in [0.15, 0.2) is 0 Å². The van der Waals surface area contributed by atoms with Gasteiger partial charge in [-0.15, -0.1) is 0 Å². The molecular formula is C15H19BrClN3. The van der Waals surface area contributed by atoms with Gasteiger partial charge in [0.05, 0.1) is 6.20 Å². The number of aromatic nitrogens is 2. The van der Waals surface area contributed by atoms with E-state index in [-0.39, 0.29) is 6.04 Å². The zero-order valence-electron chi connectivity index (χ0n) is 11.7. The van der Waals surface area contributed by atoms with Crippen LogP contribution in [-0.4, -0.2) is 16.3 Å². The second-order valence-corrected chi connectivity index (χ2v) is 6.29. The highest BCUT2D eigenvalue weighted by atomic mass is 79.9. The maximum Gasteiger partial charge on any atom is 0.0522 e. The maximum absolute atomic E-state index is 6.16. The van der Waals surface area contributed by atoms with Crippen molar-refractivity contribution < 1.29 is 0 Å². The van der Waals surface area contributed by atoms with Gasteiger partial charge in [-0.2, -0.15) is 5.10 Å². The van der Waals surface area contributed by atoms with E-state index in [9.17, 15) is 0 Å². The molecule has 1 unspecified atom stereocenters. The summed E-state index contributed by atoms with van der Waals surface area (Å²) >= 11 is 9.67. The van der Waals surface area contributed by atoms with Gasteiger partial charge in [0.1, 0.15) is 0 Å². The Hall–Kier alpha value is -0.840. The fraction of sp³-hybridized carbons (Fsp3) is 0.400. The number of nitrogens with one attached hydrogen (secondary N) is 1. The molecule has 0 spiro atoms. The van der Waals surface area contributed by atoms with Gasteiger partial charge in [0.2, 0.25) is 0 Å². The highest BCUT2D eigenvalue weighted by Crippen LogP contribution is 2.26. The van der Waals surface area contributed by atoms with Gasteiger partial charge in [-0.1, -0.05) is 34.5 Å². The van der Waals surface area contributed by atoms with E-state index in [0.717, 1.165) is 28.9 Å². The Bertz CT molecular complexity index is 548. The number of hydrogen-bond donors (Lipinski definition) is 1. The molecule has 1 atom stereocenters. The van der Waals surface area contributed by atoms with Crippen molar-refractivity contribution in [1.29, 1.82) is 0 Å². The van der Waals surface area contributed by atoms with Crippen molar-refractivity contribution >= 4 is 27.5 Å². The van der Waals surface area contributed by atoms with E-state index in [1.165, 1.54) is 11.1 Å². The van der Waals surface area contributed by atoms with E-state index < -0.39 is 0 Å². The second-order valence-electron chi connectivity index (χ2n) is 4.94. The van der Waals surface area contributed by atoms with Gasteiger partial charge >= 0.3 is 0 Å². The molecule has 1 heterocycles. The molecule has 5 heteroatoms. The Morgan fingerprint density at radius 1 is 1.40 bits per heavy atom. The maximum atomic E-state index is 6.16. The van der Waals surface area contributed by atoms with Gasteiger partial charge in [0.25, 0.3) is 0 Å². The van der Waals surface area contributed by atoms with Crippen LogP contribution in [-0.2, 0) is 13.5 Å². The molecule has 3 nitrogen and oxygen atoms in total. The van der Waals surface area contributed by atoms with Crippen molar-refractivity contribution in [3.63, 3.8) is 0 Å². The van der Waals surface area contributed by atoms with Crippen molar-refractivity contribution in [3.8, 4) is 0 Å². The van der Waals surface area contributed by atoms with Crippen LogP contribution in [0.5, 0.6) is 0 Å². The Kier molecular flexibility index (Phi) is 5.64. The van der Waals surface area contributed by atoms with Crippen LogP contribution in [0.25, 0.3) is 0 Å². The topological polar surface area (TPSA) is 29.9 Å². The van der Waals surface area contributed by atoms with Crippen LogP contribution >= 0.6 is 27.5 Å². The van der Waals surface area contributed by atoms with Crippen LogP contribution in [0.15, 0.2) is 35.1 Å². The van der Waals surface area contributed by atoms with Crippen molar-refractivity contribution in [2.75, 3.05) is 6.54 Å². The first-order chi connectivity index (χ1) is 9.58. The van der Waals surface area contributed by atoms with Gasteiger partial charge < -0.3 is 5.32 Å².